The monoisotopic (exact) mass is 272 g/mol. The predicted molar refractivity (Wildman–Crippen MR) is 70.8 cm³/mol. The molecule has 3 nitrogen and oxygen atoms in total. The van der Waals surface area contributed by atoms with E-state index in [0.29, 0.717) is 17.4 Å². The molecule has 1 aromatic carbocycles. The van der Waals surface area contributed by atoms with Crippen molar-refractivity contribution in [1.82, 2.24) is 10.2 Å². The van der Waals surface area contributed by atoms with Crippen molar-refractivity contribution < 1.29 is 9.13 Å². The number of hydrogen-bond acceptors (Lipinski definition) is 3. The van der Waals surface area contributed by atoms with E-state index >= 15 is 0 Å². The van der Waals surface area contributed by atoms with E-state index in [1.807, 2.05) is 0 Å². The molecule has 2 rings (SSSR count). The highest BCUT2D eigenvalue weighted by atomic mass is 35.5. The molecule has 0 radical (unpaired) electrons. The van der Waals surface area contributed by atoms with Gasteiger partial charge in [-0.2, -0.15) is 0 Å². The van der Waals surface area contributed by atoms with Gasteiger partial charge in [-0.15, -0.1) is 0 Å². The topological polar surface area (TPSA) is 24.5 Å². The fraction of sp³-hybridized carbons (Fsp3) is 0.538. The van der Waals surface area contributed by atoms with Gasteiger partial charge in [0.2, 0.25) is 0 Å². The van der Waals surface area contributed by atoms with Crippen molar-refractivity contribution in [3.63, 3.8) is 0 Å². The minimum atomic E-state index is -0.340. The standard InChI is InChI=1S/C13H18ClFN2O/c14-12-10-11(15)2-3-13(12)18-9-1-6-17-7-4-16-5-8-17/h2-3,10,16H,1,4-9H2. The summed E-state index contributed by atoms with van der Waals surface area (Å²) in [7, 11) is 0. The zero-order chi connectivity index (χ0) is 12.8. The molecule has 1 heterocycles. The summed E-state index contributed by atoms with van der Waals surface area (Å²) in [5, 5.41) is 3.65. The maximum atomic E-state index is 12.8. The van der Waals surface area contributed by atoms with Gasteiger partial charge in [-0.1, -0.05) is 11.6 Å². The lowest BCUT2D eigenvalue weighted by Gasteiger charge is -2.26. The quantitative estimate of drug-likeness (QED) is 0.832. The largest absolute Gasteiger partial charge is 0.492 e. The molecule has 1 N–H and O–H groups in total. The molecule has 0 unspecified atom stereocenters. The molecular formula is C13H18ClFN2O. The van der Waals surface area contributed by atoms with Gasteiger partial charge in [0.25, 0.3) is 0 Å². The van der Waals surface area contributed by atoms with E-state index in [-0.39, 0.29) is 5.82 Å². The minimum Gasteiger partial charge on any atom is -0.492 e. The van der Waals surface area contributed by atoms with Crippen LogP contribution in [0.2, 0.25) is 5.02 Å². The van der Waals surface area contributed by atoms with Gasteiger partial charge < -0.3 is 15.0 Å². The first-order chi connectivity index (χ1) is 8.75. The van der Waals surface area contributed by atoms with Crippen molar-refractivity contribution in [1.29, 1.82) is 0 Å². The zero-order valence-corrected chi connectivity index (χ0v) is 11.0. The van der Waals surface area contributed by atoms with Crippen LogP contribution in [0.15, 0.2) is 18.2 Å². The normalized spacial score (nSPS) is 16.8. The Balaban J connectivity index is 1.68. The van der Waals surface area contributed by atoms with Gasteiger partial charge in [-0.05, 0) is 24.6 Å². The second-order valence-electron chi connectivity index (χ2n) is 4.37. The van der Waals surface area contributed by atoms with Crippen LogP contribution in [-0.4, -0.2) is 44.2 Å². The van der Waals surface area contributed by atoms with Gasteiger partial charge >= 0.3 is 0 Å². The highest BCUT2D eigenvalue weighted by Crippen LogP contribution is 2.24. The third kappa shape index (κ3) is 4.12. The number of halogens is 2. The van der Waals surface area contributed by atoms with Crippen molar-refractivity contribution in [3.05, 3.63) is 29.0 Å². The molecule has 0 aromatic heterocycles. The van der Waals surface area contributed by atoms with E-state index in [0.717, 1.165) is 39.1 Å². The summed E-state index contributed by atoms with van der Waals surface area (Å²) < 4.78 is 18.4. The van der Waals surface area contributed by atoms with Crippen molar-refractivity contribution >= 4 is 11.6 Å². The lowest BCUT2D eigenvalue weighted by atomic mass is 10.3. The van der Waals surface area contributed by atoms with Crippen LogP contribution >= 0.6 is 11.6 Å². The molecule has 0 atom stereocenters. The first kappa shape index (κ1) is 13.6. The van der Waals surface area contributed by atoms with Gasteiger partial charge in [-0.3, -0.25) is 0 Å². The highest BCUT2D eigenvalue weighted by Gasteiger charge is 2.09. The summed E-state index contributed by atoms with van der Waals surface area (Å²) in [5.41, 5.74) is 0. The van der Waals surface area contributed by atoms with Crippen LogP contribution in [0.25, 0.3) is 0 Å². The summed E-state index contributed by atoms with van der Waals surface area (Å²) in [6, 6.07) is 4.20. The van der Waals surface area contributed by atoms with Crippen molar-refractivity contribution in [2.45, 2.75) is 6.42 Å². The summed E-state index contributed by atoms with van der Waals surface area (Å²) in [4.78, 5) is 2.41. The van der Waals surface area contributed by atoms with Crippen LogP contribution in [0.1, 0.15) is 6.42 Å². The van der Waals surface area contributed by atoms with Crippen LogP contribution in [0.5, 0.6) is 5.75 Å². The van der Waals surface area contributed by atoms with Crippen LogP contribution in [0, 0.1) is 5.82 Å². The number of ether oxygens (including phenoxy) is 1. The molecule has 1 fully saturated rings. The molecule has 0 spiro atoms. The molecule has 1 aliphatic heterocycles. The van der Waals surface area contributed by atoms with E-state index < -0.39 is 0 Å². The maximum Gasteiger partial charge on any atom is 0.138 e. The molecular weight excluding hydrogens is 255 g/mol. The molecule has 1 saturated heterocycles. The van der Waals surface area contributed by atoms with E-state index in [4.69, 9.17) is 16.3 Å². The van der Waals surface area contributed by atoms with Crippen LogP contribution in [0.4, 0.5) is 4.39 Å². The van der Waals surface area contributed by atoms with E-state index in [2.05, 4.69) is 10.2 Å². The fourth-order valence-electron chi connectivity index (χ4n) is 2.00. The van der Waals surface area contributed by atoms with Crippen LogP contribution in [0.3, 0.4) is 0 Å². The van der Waals surface area contributed by atoms with Gasteiger partial charge in [0.05, 0.1) is 11.6 Å². The lowest BCUT2D eigenvalue weighted by molar-refractivity contribution is 0.214. The Labute approximate surface area is 112 Å². The number of rotatable bonds is 5. The van der Waals surface area contributed by atoms with Gasteiger partial charge in [0, 0.05) is 32.7 Å². The van der Waals surface area contributed by atoms with Crippen LogP contribution in [-0.2, 0) is 0 Å². The molecule has 5 heteroatoms. The van der Waals surface area contributed by atoms with E-state index in [1.54, 1.807) is 6.07 Å². The first-order valence-corrected chi connectivity index (χ1v) is 6.64. The second-order valence-corrected chi connectivity index (χ2v) is 4.78. The maximum absolute atomic E-state index is 12.8. The molecule has 1 aromatic rings. The fourth-order valence-corrected chi connectivity index (χ4v) is 2.22. The number of piperazine rings is 1. The molecule has 0 amide bonds. The summed E-state index contributed by atoms with van der Waals surface area (Å²) in [5.74, 6) is 0.214. The Bertz CT molecular complexity index is 383. The molecule has 0 saturated carbocycles. The van der Waals surface area contributed by atoms with Gasteiger partial charge in [0.1, 0.15) is 11.6 Å². The SMILES string of the molecule is Fc1ccc(OCCCN2CCNCC2)c(Cl)c1. The third-order valence-corrected chi connectivity index (χ3v) is 3.28. The van der Waals surface area contributed by atoms with Crippen molar-refractivity contribution in [2.75, 3.05) is 39.3 Å². The van der Waals surface area contributed by atoms with Gasteiger partial charge in [-0.25, -0.2) is 4.39 Å². The van der Waals surface area contributed by atoms with Crippen molar-refractivity contribution in [3.8, 4) is 5.75 Å². The molecule has 1 aliphatic rings. The molecule has 0 aliphatic carbocycles. The first-order valence-electron chi connectivity index (χ1n) is 6.26. The summed E-state index contributed by atoms with van der Waals surface area (Å²) in [6.45, 7) is 5.94. The Morgan fingerprint density at radius 2 is 2.11 bits per heavy atom. The average molecular weight is 273 g/mol. The number of nitrogens with one attached hydrogen (secondary N) is 1. The highest BCUT2D eigenvalue weighted by molar-refractivity contribution is 6.32. The molecule has 0 bridgehead atoms. The van der Waals surface area contributed by atoms with Gasteiger partial charge in [0.15, 0.2) is 0 Å². The predicted octanol–water partition coefficient (Wildman–Crippen LogP) is 2.15. The third-order valence-electron chi connectivity index (χ3n) is 2.98. The second kappa shape index (κ2) is 6.92. The molecule has 18 heavy (non-hydrogen) atoms. The zero-order valence-electron chi connectivity index (χ0n) is 10.3. The Kier molecular flexibility index (Phi) is 5.23. The average Bonchev–Trinajstić information content (AvgIpc) is 2.38. The molecule has 100 valence electrons. The Morgan fingerprint density at radius 3 is 2.83 bits per heavy atom. The van der Waals surface area contributed by atoms with E-state index in [9.17, 15) is 4.39 Å². The lowest BCUT2D eigenvalue weighted by Crippen LogP contribution is -2.43. The summed E-state index contributed by atoms with van der Waals surface area (Å²) in [6.07, 6.45) is 0.952. The Morgan fingerprint density at radius 1 is 1.33 bits per heavy atom. The smallest absolute Gasteiger partial charge is 0.138 e. The van der Waals surface area contributed by atoms with Crippen molar-refractivity contribution in [2.24, 2.45) is 0 Å². The number of nitrogens with zero attached hydrogens (tertiary/aromatic N) is 1. The number of benzene rings is 1. The van der Waals surface area contributed by atoms with E-state index in [1.165, 1.54) is 12.1 Å². The minimum absolute atomic E-state index is 0.331. The number of hydrogen-bond donors (Lipinski definition) is 1. The van der Waals surface area contributed by atoms with Crippen LogP contribution < -0.4 is 10.1 Å². The Hall–Kier alpha value is -0.840. The summed E-state index contributed by atoms with van der Waals surface area (Å²) >= 11 is 5.87.